The second-order valence-corrected chi connectivity index (χ2v) is 5.15. The summed E-state index contributed by atoms with van der Waals surface area (Å²) < 4.78 is 12.7. The highest BCUT2D eigenvalue weighted by Crippen LogP contribution is 2.21. The summed E-state index contributed by atoms with van der Waals surface area (Å²) in [7, 11) is 0. The number of nitrogens with zero attached hydrogens (tertiary/aromatic N) is 1. The van der Waals surface area contributed by atoms with Crippen molar-refractivity contribution in [3.63, 3.8) is 0 Å². The van der Waals surface area contributed by atoms with Crippen molar-refractivity contribution in [3.8, 4) is 0 Å². The summed E-state index contributed by atoms with van der Waals surface area (Å²) in [4.78, 5) is 2.49. The van der Waals surface area contributed by atoms with Crippen LogP contribution in [0.2, 0.25) is 0 Å². The zero-order chi connectivity index (χ0) is 12.3. The number of likely N-dealkylation sites (tertiary alicyclic amines) is 1. The zero-order valence-electron chi connectivity index (χ0n) is 10.6. The monoisotopic (exact) mass is 236 g/mol. The molecule has 1 N–H and O–H groups in total. The average Bonchev–Trinajstić information content (AvgIpc) is 2.61. The maximum atomic E-state index is 12.7. The first-order valence-corrected chi connectivity index (χ1v) is 6.37. The molecule has 0 saturated carbocycles. The van der Waals surface area contributed by atoms with Gasteiger partial charge in [0.2, 0.25) is 0 Å². The Kier molecular flexibility index (Phi) is 4.00. The molecule has 0 amide bonds. The molecule has 0 spiro atoms. The second-order valence-electron chi connectivity index (χ2n) is 5.15. The van der Waals surface area contributed by atoms with Crippen molar-refractivity contribution < 1.29 is 4.39 Å². The van der Waals surface area contributed by atoms with Crippen molar-refractivity contribution in [1.29, 1.82) is 0 Å². The first kappa shape index (κ1) is 12.4. The molecule has 1 aromatic carbocycles. The maximum absolute atomic E-state index is 12.7. The molecule has 3 heteroatoms. The van der Waals surface area contributed by atoms with E-state index in [1.807, 2.05) is 0 Å². The summed E-state index contributed by atoms with van der Waals surface area (Å²) in [6, 6.07) is 6.54. The smallest absolute Gasteiger partial charge is 0.123 e. The van der Waals surface area contributed by atoms with Crippen LogP contribution >= 0.6 is 0 Å². The van der Waals surface area contributed by atoms with E-state index in [4.69, 9.17) is 0 Å². The molecule has 1 saturated heterocycles. The first-order chi connectivity index (χ1) is 8.15. The van der Waals surface area contributed by atoms with Gasteiger partial charge in [0.15, 0.2) is 0 Å². The predicted molar refractivity (Wildman–Crippen MR) is 69.7 cm³/mol. The topological polar surface area (TPSA) is 15.3 Å². The van der Waals surface area contributed by atoms with Crippen molar-refractivity contribution in [2.75, 3.05) is 31.5 Å². The Bertz CT molecular complexity index is 340. The molecule has 2 atom stereocenters. The van der Waals surface area contributed by atoms with Gasteiger partial charge in [-0.3, -0.25) is 0 Å². The predicted octanol–water partition coefficient (Wildman–Crippen LogP) is 2.83. The van der Waals surface area contributed by atoms with Gasteiger partial charge in [-0.1, -0.05) is 13.8 Å². The van der Waals surface area contributed by atoms with Crippen LogP contribution in [0.5, 0.6) is 0 Å². The van der Waals surface area contributed by atoms with Crippen molar-refractivity contribution in [3.05, 3.63) is 30.1 Å². The highest BCUT2D eigenvalue weighted by molar-refractivity contribution is 5.42. The van der Waals surface area contributed by atoms with Gasteiger partial charge in [0.25, 0.3) is 0 Å². The number of anilines is 1. The fourth-order valence-electron chi connectivity index (χ4n) is 2.36. The van der Waals surface area contributed by atoms with Crippen LogP contribution < -0.4 is 5.32 Å². The van der Waals surface area contributed by atoms with Gasteiger partial charge in [-0.25, -0.2) is 4.39 Å². The lowest BCUT2D eigenvalue weighted by atomic mass is 10.0. The molecule has 2 rings (SSSR count). The van der Waals surface area contributed by atoms with Crippen LogP contribution in [-0.4, -0.2) is 31.1 Å². The van der Waals surface area contributed by atoms with Crippen molar-refractivity contribution in [2.24, 2.45) is 11.8 Å². The van der Waals surface area contributed by atoms with Gasteiger partial charge in [0, 0.05) is 31.9 Å². The fourth-order valence-corrected chi connectivity index (χ4v) is 2.36. The Balaban J connectivity index is 1.71. The standard InChI is InChI=1S/C14H21FN2/c1-11-9-17(10-12(11)2)8-7-16-14-5-3-13(15)4-6-14/h3-6,11-12,16H,7-10H2,1-2H3. The summed E-state index contributed by atoms with van der Waals surface area (Å²) >= 11 is 0. The Morgan fingerprint density at radius 2 is 1.76 bits per heavy atom. The van der Waals surface area contributed by atoms with Crippen LogP contribution in [0, 0.1) is 17.7 Å². The molecule has 0 aromatic heterocycles. The van der Waals surface area contributed by atoms with E-state index in [0.717, 1.165) is 30.6 Å². The van der Waals surface area contributed by atoms with Crippen molar-refractivity contribution in [2.45, 2.75) is 13.8 Å². The van der Waals surface area contributed by atoms with Crippen LogP contribution in [0.4, 0.5) is 10.1 Å². The maximum Gasteiger partial charge on any atom is 0.123 e. The van der Waals surface area contributed by atoms with Gasteiger partial charge in [0.1, 0.15) is 5.82 Å². The van der Waals surface area contributed by atoms with Gasteiger partial charge in [-0.2, -0.15) is 0 Å². The highest BCUT2D eigenvalue weighted by atomic mass is 19.1. The Morgan fingerprint density at radius 3 is 2.35 bits per heavy atom. The van der Waals surface area contributed by atoms with Crippen LogP contribution in [-0.2, 0) is 0 Å². The van der Waals surface area contributed by atoms with E-state index in [2.05, 4.69) is 24.1 Å². The Labute approximate surface area is 103 Å². The molecular formula is C14H21FN2. The van der Waals surface area contributed by atoms with E-state index < -0.39 is 0 Å². The molecule has 1 fully saturated rings. The lowest BCUT2D eigenvalue weighted by Crippen LogP contribution is -2.27. The van der Waals surface area contributed by atoms with Gasteiger partial charge in [-0.05, 0) is 36.1 Å². The number of nitrogens with one attached hydrogen (secondary N) is 1. The molecule has 2 unspecified atom stereocenters. The number of rotatable bonds is 4. The first-order valence-electron chi connectivity index (χ1n) is 6.37. The van der Waals surface area contributed by atoms with Gasteiger partial charge < -0.3 is 10.2 Å². The molecule has 1 heterocycles. The number of benzene rings is 1. The lowest BCUT2D eigenvalue weighted by molar-refractivity contribution is 0.337. The third-order valence-corrected chi connectivity index (χ3v) is 3.67. The van der Waals surface area contributed by atoms with E-state index in [1.54, 1.807) is 12.1 Å². The summed E-state index contributed by atoms with van der Waals surface area (Å²) in [5.41, 5.74) is 0.992. The highest BCUT2D eigenvalue weighted by Gasteiger charge is 2.25. The third-order valence-electron chi connectivity index (χ3n) is 3.67. The lowest BCUT2D eigenvalue weighted by Gasteiger charge is -2.16. The number of halogens is 1. The van der Waals surface area contributed by atoms with E-state index in [9.17, 15) is 4.39 Å². The second kappa shape index (κ2) is 5.50. The molecular weight excluding hydrogens is 215 g/mol. The molecule has 2 nitrogen and oxygen atoms in total. The molecule has 1 aliphatic rings. The van der Waals surface area contributed by atoms with Crippen molar-refractivity contribution in [1.82, 2.24) is 4.90 Å². The summed E-state index contributed by atoms with van der Waals surface area (Å²) in [5, 5.41) is 3.32. The Hall–Kier alpha value is -1.09. The largest absolute Gasteiger partial charge is 0.384 e. The minimum atomic E-state index is -0.183. The van der Waals surface area contributed by atoms with Gasteiger partial charge in [-0.15, -0.1) is 0 Å². The van der Waals surface area contributed by atoms with Crippen LogP contribution in [0.3, 0.4) is 0 Å². The van der Waals surface area contributed by atoms with Gasteiger partial charge in [0.05, 0.1) is 0 Å². The zero-order valence-corrected chi connectivity index (χ0v) is 10.6. The number of hydrogen-bond donors (Lipinski definition) is 1. The van der Waals surface area contributed by atoms with E-state index in [0.29, 0.717) is 0 Å². The normalized spacial score (nSPS) is 25.1. The summed E-state index contributed by atoms with van der Waals surface area (Å²) in [5.74, 6) is 1.43. The number of hydrogen-bond acceptors (Lipinski definition) is 2. The minimum absolute atomic E-state index is 0.183. The minimum Gasteiger partial charge on any atom is -0.384 e. The van der Waals surface area contributed by atoms with Crippen LogP contribution in [0.1, 0.15) is 13.8 Å². The van der Waals surface area contributed by atoms with E-state index in [-0.39, 0.29) is 5.82 Å². The van der Waals surface area contributed by atoms with E-state index in [1.165, 1.54) is 25.2 Å². The molecule has 94 valence electrons. The SMILES string of the molecule is CC1CN(CCNc2ccc(F)cc2)CC1C. The average molecular weight is 236 g/mol. The molecule has 0 aliphatic carbocycles. The van der Waals surface area contributed by atoms with Crippen LogP contribution in [0.25, 0.3) is 0 Å². The van der Waals surface area contributed by atoms with Crippen LogP contribution in [0.15, 0.2) is 24.3 Å². The van der Waals surface area contributed by atoms with E-state index >= 15 is 0 Å². The molecule has 1 aromatic rings. The molecule has 1 aliphatic heterocycles. The fraction of sp³-hybridized carbons (Fsp3) is 0.571. The quantitative estimate of drug-likeness (QED) is 0.864. The molecule has 0 radical (unpaired) electrons. The Morgan fingerprint density at radius 1 is 1.18 bits per heavy atom. The van der Waals surface area contributed by atoms with Gasteiger partial charge >= 0.3 is 0 Å². The molecule has 17 heavy (non-hydrogen) atoms. The third kappa shape index (κ3) is 3.43. The summed E-state index contributed by atoms with van der Waals surface area (Å²) in [6.07, 6.45) is 0. The molecule has 0 bridgehead atoms. The summed E-state index contributed by atoms with van der Waals surface area (Å²) in [6.45, 7) is 9.02. The van der Waals surface area contributed by atoms with Crippen molar-refractivity contribution >= 4 is 5.69 Å².